The maximum absolute atomic E-state index is 13.2. The van der Waals surface area contributed by atoms with Gasteiger partial charge in [0.2, 0.25) is 5.91 Å². The van der Waals surface area contributed by atoms with Crippen LogP contribution in [-0.2, 0) is 22.7 Å². The number of aryl methyl sites for hydroxylation is 1. The molecule has 1 saturated carbocycles. The number of nitrogens with zero attached hydrogens (tertiary/aromatic N) is 1. The molecule has 4 heteroatoms. The Labute approximate surface area is 172 Å². The van der Waals surface area contributed by atoms with Crippen molar-refractivity contribution in [3.63, 3.8) is 0 Å². The Morgan fingerprint density at radius 2 is 1.79 bits per heavy atom. The fourth-order valence-electron chi connectivity index (χ4n) is 4.42. The lowest BCUT2D eigenvalue weighted by Gasteiger charge is -2.30. The standard InChI is InChI=1S/C25H28N2O2/c1-18-11-13-19(14-12-18)16-26-24(28)15-22-21-9-5-6-10-23(21)27(25(22)29)17-20-7-3-2-4-8-20/h2-4,7-8,11-14,23H,5-6,9-10,15-17H2,1H3,(H,26,28). The number of benzene rings is 2. The van der Waals surface area contributed by atoms with Crippen molar-refractivity contribution in [2.24, 2.45) is 0 Å². The molecule has 150 valence electrons. The van der Waals surface area contributed by atoms with Crippen molar-refractivity contribution >= 4 is 11.8 Å². The Morgan fingerprint density at radius 1 is 1.03 bits per heavy atom. The average Bonchev–Trinajstić information content (AvgIpc) is 3.00. The topological polar surface area (TPSA) is 49.4 Å². The highest BCUT2D eigenvalue weighted by Gasteiger charge is 2.40. The van der Waals surface area contributed by atoms with E-state index in [-0.39, 0.29) is 24.3 Å². The minimum atomic E-state index is -0.0766. The van der Waals surface area contributed by atoms with Gasteiger partial charge >= 0.3 is 0 Å². The van der Waals surface area contributed by atoms with Crippen LogP contribution < -0.4 is 5.32 Å². The third kappa shape index (κ3) is 4.42. The zero-order valence-corrected chi connectivity index (χ0v) is 17.0. The van der Waals surface area contributed by atoms with Crippen molar-refractivity contribution in [2.45, 2.75) is 58.2 Å². The molecule has 4 nitrogen and oxygen atoms in total. The molecule has 1 N–H and O–H groups in total. The van der Waals surface area contributed by atoms with Crippen LogP contribution in [0, 0.1) is 6.92 Å². The molecular formula is C25H28N2O2. The predicted molar refractivity (Wildman–Crippen MR) is 114 cm³/mol. The zero-order valence-electron chi connectivity index (χ0n) is 17.0. The lowest BCUT2D eigenvalue weighted by molar-refractivity contribution is -0.129. The first-order chi connectivity index (χ1) is 14.1. The van der Waals surface area contributed by atoms with Gasteiger partial charge < -0.3 is 10.2 Å². The van der Waals surface area contributed by atoms with E-state index in [4.69, 9.17) is 0 Å². The highest BCUT2D eigenvalue weighted by molar-refractivity contribution is 6.02. The van der Waals surface area contributed by atoms with Crippen LogP contribution in [-0.4, -0.2) is 22.8 Å². The van der Waals surface area contributed by atoms with Crippen LogP contribution in [0.5, 0.6) is 0 Å². The molecule has 1 unspecified atom stereocenters. The molecule has 1 fully saturated rings. The summed E-state index contributed by atoms with van der Waals surface area (Å²) in [7, 11) is 0. The summed E-state index contributed by atoms with van der Waals surface area (Å²) in [4.78, 5) is 27.8. The molecule has 29 heavy (non-hydrogen) atoms. The van der Waals surface area contributed by atoms with Crippen LogP contribution >= 0.6 is 0 Å². The average molecular weight is 389 g/mol. The van der Waals surface area contributed by atoms with E-state index in [2.05, 4.69) is 17.4 Å². The van der Waals surface area contributed by atoms with Crippen molar-refractivity contribution in [2.75, 3.05) is 0 Å². The third-order valence-corrected chi connectivity index (χ3v) is 6.00. The summed E-state index contributed by atoms with van der Waals surface area (Å²) < 4.78 is 0. The van der Waals surface area contributed by atoms with E-state index in [1.54, 1.807) is 0 Å². The van der Waals surface area contributed by atoms with Gasteiger partial charge in [0.05, 0.1) is 12.5 Å². The molecule has 4 rings (SSSR count). The number of carbonyl (C=O) groups is 2. The SMILES string of the molecule is Cc1ccc(CNC(=O)CC2=C3CCCCC3N(Cc3ccccc3)C2=O)cc1. The molecule has 2 amide bonds. The van der Waals surface area contributed by atoms with Crippen LogP contribution in [0.25, 0.3) is 0 Å². The summed E-state index contributed by atoms with van der Waals surface area (Å²) >= 11 is 0. The van der Waals surface area contributed by atoms with Crippen molar-refractivity contribution in [3.05, 3.63) is 82.4 Å². The van der Waals surface area contributed by atoms with Crippen molar-refractivity contribution in [3.8, 4) is 0 Å². The zero-order chi connectivity index (χ0) is 20.2. The molecule has 1 atom stereocenters. The molecule has 2 aromatic rings. The molecule has 0 saturated heterocycles. The summed E-state index contributed by atoms with van der Waals surface area (Å²) in [5.41, 5.74) is 5.33. The highest BCUT2D eigenvalue weighted by atomic mass is 16.2. The highest BCUT2D eigenvalue weighted by Crippen LogP contribution is 2.38. The van der Waals surface area contributed by atoms with Gasteiger partial charge in [-0.1, -0.05) is 66.6 Å². The molecule has 0 aromatic heterocycles. The van der Waals surface area contributed by atoms with Gasteiger partial charge in [-0.2, -0.15) is 0 Å². The lowest BCUT2D eigenvalue weighted by atomic mass is 9.88. The molecule has 1 heterocycles. The van der Waals surface area contributed by atoms with Gasteiger partial charge in [0.1, 0.15) is 0 Å². The van der Waals surface area contributed by atoms with Crippen LogP contribution in [0.3, 0.4) is 0 Å². The lowest BCUT2D eigenvalue weighted by Crippen LogP contribution is -2.36. The summed E-state index contributed by atoms with van der Waals surface area (Å²) in [6.07, 6.45) is 4.36. The van der Waals surface area contributed by atoms with E-state index in [1.807, 2.05) is 54.3 Å². The normalized spacial score (nSPS) is 18.7. The quantitative estimate of drug-likeness (QED) is 0.803. The number of hydrogen-bond acceptors (Lipinski definition) is 2. The van der Waals surface area contributed by atoms with Gasteiger partial charge in [-0.05, 0) is 42.9 Å². The summed E-state index contributed by atoms with van der Waals surface area (Å²) in [6.45, 7) is 3.15. The first-order valence-electron chi connectivity index (χ1n) is 10.5. The minimum absolute atomic E-state index is 0.0428. The van der Waals surface area contributed by atoms with Gasteiger partial charge in [0, 0.05) is 18.7 Å². The van der Waals surface area contributed by atoms with E-state index in [0.717, 1.165) is 42.4 Å². The largest absolute Gasteiger partial charge is 0.352 e. The molecule has 0 spiro atoms. The second-order valence-corrected chi connectivity index (χ2v) is 8.12. The summed E-state index contributed by atoms with van der Waals surface area (Å²) in [5, 5.41) is 2.98. The number of rotatable bonds is 6. The summed E-state index contributed by atoms with van der Waals surface area (Å²) in [6, 6.07) is 18.4. The third-order valence-electron chi connectivity index (χ3n) is 6.00. The number of hydrogen-bond donors (Lipinski definition) is 1. The van der Waals surface area contributed by atoms with Crippen molar-refractivity contribution in [1.29, 1.82) is 0 Å². The van der Waals surface area contributed by atoms with Gasteiger partial charge in [-0.25, -0.2) is 0 Å². The second-order valence-electron chi connectivity index (χ2n) is 8.12. The maximum atomic E-state index is 13.2. The Morgan fingerprint density at radius 3 is 2.55 bits per heavy atom. The Hall–Kier alpha value is -2.88. The predicted octanol–water partition coefficient (Wildman–Crippen LogP) is 4.28. The van der Waals surface area contributed by atoms with Gasteiger partial charge in [-0.3, -0.25) is 9.59 Å². The molecule has 1 aliphatic heterocycles. The van der Waals surface area contributed by atoms with Crippen LogP contribution in [0.15, 0.2) is 65.7 Å². The van der Waals surface area contributed by atoms with E-state index in [0.29, 0.717) is 13.1 Å². The van der Waals surface area contributed by atoms with E-state index >= 15 is 0 Å². The van der Waals surface area contributed by atoms with Gasteiger partial charge in [0.15, 0.2) is 0 Å². The minimum Gasteiger partial charge on any atom is -0.352 e. The van der Waals surface area contributed by atoms with Crippen LogP contribution in [0.1, 0.15) is 48.8 Å². The van der Waals surface area contributed by atoms with Crippen LogP contribution in [0.2, 0.25) is 0 Å². The van der Waals surface area contributed by atoms with E-state index in [9.17, 15) is 9.59 Å². The van der Waals surface area contributed by atoms with Crippen LogP contribution in [0.4, 0.5) is 0 Å². The second kappa shape index (κ2) is 8.64. The fraction of sp³-hybridized carbons (Fsp3) is 0.360. The first-order valence-corrected chi connectivity index (χ1v) is 10.5. The Bertz CT molecular complexity index is 916. The number of amides is 2. The number of fused-ring (bicyclic) bond motifs is 1. The molecule has 2 aliphatic rings. The van der Waals surface area contributed by atoms with E-state index < -0.39 is 0 Å². The maximum Gasteiger partial charge on any atom is 0.251 e. The number of carbonyl (C=O) groups excluding carboxylic acids is 2. The monoisotopic (exact) mass is 388 g/mol. The molecule has 0 bridgehead atoms. The van der Waals surface area contributed by atoms with Gasteiger partial charge in [-0.15, -0.1) is 0 Å². The Balaban J connectivity index is 1.44. The van der Waals surface area contributed by atoms with Crippen molar-refractivity contribution in [1.82, 2.24) is 10.2 Å². The Kier molecular flexibility index (Phi) is 5.79. The molecule has 0 radical (unpaired) electrons. The van der Waals surface area contributed by atoms with Gasteiger partial charge in [0.25, 0.3) is 5.91 Å². The fourth-order valence-corrected chi connectivity index (χ4v) is 4.42. The number of nitrogens with one attached hydrogen (secondary N) is 1. The molecule has 2 aromatic carbocycles. The molecule has 1 aliphatic carbocycles. The van der Waals surface area contributed by atoms with E-state index in [1.165, 1.54) is 11.1 Å². The first kappa shape index (κ1) is 19.4. The van der Waals surface area contributed by atoms with Crippen molar-refractivity contribution < 1.29 is 9.59 Å². The smallest absolute Gasteiger partial charge is 0.251 e. The molecular weight excluding hydrogens is 360 g/mol. The summed E-state index contributed by atoms with van der Waals surface area (Å²) in [5.74, 6) is -0.0338.